The van der Waals surface area contributed by atoms with E-state index in [1.165, 1.54) is 25.1 Å². The molecule has 0 unspecified atom stereocenters. The molecule has 0 spiro atoms. The summed E-state index contributed by atoms with van der Waals surface area (Å²) in [7, 11) is 0. The maximum atomic E-state index is 13.4. The van der Waals surface area contributed by atoms with Crippen molar-refractivity contribution in [3.8, 4) is 0 Å². The molecule has 2 aromatic carbocycles. The first-order chi connectivity index (χ1) is 13.2. The van der Waals surface area contributed by atoms with Crippen molar-refractivity contribution in [2.24, 2.45) is 0 Å². The van der Waals surface area contributed by atoms with Gasteiger partial charge in [0.2, 0.25) is 5.91 Å². The molecular weight excluding hydrogens is 375 g/mol. The summed E-state index contributed by atoms with van der Waals surface area (Å²) in [5.41, 5.74) is -0.166. The molecular formula is C18H16F3N5O2. The van der Waals surface area contributed by atoms with Gasteiger partial charge in [0.15, 0.2) is 0 Å². The van der Waals surface area contributed by atoms with Crippen LogP contribution >= 0.6 is 0 Å². The van der Waals surface area contributed by atoms with E-state index in [1.807, 2.05) is 6.92 Å². The second-order valence-corrected chi connectivity index (χ2v) is 6.00. The molecule has 0 aliphatic heterocycles. The molecule has 0 radical (unpaired) electrons. The summed E-state index contributed by atoms with van der Waals surface area (Å²) in [4.78, 5) is 23.6. The third kappa shape index (κ3) is 3.95. The van der Waals surface area contributed by atoms with E-state index in [1.54, 1.807) is 10.7 Å². The van der Waals surface area contributed by atoms with Crippen LogP contribution in [0.1, 0.15) is 29.8 Å². The molecule has 146 valence electrons. The number of alkyl halides is 3. The molecule has 0 bridgehead atoms. The number of carbonyl (C=O) groups excluding carboxylic acids is 2. The summed E-state index contributed by atoms with van der Waals surface area (Å²) in [5.74, 6) is -1.22. The summed E-state index contributed by atoms with van der Waals surface area (Å²) in [6, 6.07) is 7.74. The smallest absolute Gasteiger partial charge is 0.326 e. The average Bonchev–Trinajstić information content (AvgIpc) is 3.03. The Bertz CT molecular complexity index is 1060. The Kier molecular flexibility index (Phi) is 5.04. The number of rotatable bonds is 4. The van der Waals surface area contributed by atoms with E-state index in [0.29, 0.717) is 12.1 Å². The number of nitrogens with one attached hydrogen (secondary N) is 2. The average molecular weight is 391 g/mol. The molecule has 2 N–H and O–H groups in total. The lowest BCUT2D eigenvalue weighted by atomic mass is 10.1. The second-order valence-electron chi connectivity index (χ2n) is 6.00. The zero-order chi connectivity index (χ0) is 20.5. The van der Waals surface area contributed by atoms with Crippen molar-refractivity contribution in [3.63, 3.8) is 0 Å². The lowest BCUT2D eigenvalue weighted by molar-refractivity contribution is -0.137. The Morgan fingerprint density at radius 2 is 1.86 bits per heavy atom. The van der Waals surface area contributed by atoms with Gasteiger partial charge in [0.05, 0.1) is 16.8 Å². The molecule has 3 aromatic rings. The van der Waals surface area contributed by atoms with E-state index < -0.39 is 29.2 Å². The number of amides is 2. The van der Waals surface area contributed by atoms with Crippen LogP contribution in [0.2, 0.25) is 0 Å². The maximum absolute atomic E-state index is 13.4. The minimum Gasteiger partial charge on any atom is -0.326 e. The highest BCUT2D eigenvalue weighted by atomic mass is 19.4. The van der Waals surface area contributed by atoms with Gasteiger partial charge in [-0.25, -0.2) is 4.68 Å². The van der Waals surface area contributed by atoms with Gasteiger partial charge < -0.3 is 10.6 Å². The lowest BCUT2D eigenvalue weighted by Gasteiger charge is -2.15. The standard InChI is InChI=1S/C18H16F3N5O2/c1-3-26-16-7-4-11(8-15(16)24-25-26)17(28)23-14-6-5-12(22-10(2)27)9-13(14)18(19,20)21/h4-9H,3H2,1-2H3,(H,22,27)(H,23,28). The molecule has 7 nitrogen and oxygen atoms in total. The monoisotopic (exact) mass is 391 g/mol. The van der Waals surface area contributed by atoms with Gasteiger partial charge in [-0.3, -0.25) is 9.59 Å². The highest BCUT2D eigenvalue weighted by Gasteiger charge is 2.34. The fourth-order valence-electron chi connectivity index (χ4n) is 2.71. The first kappa shape index (κ1) is 19.3. The largest absolute Gasteiger partial charge is 0.418 e. The normalized spacial score (nSPS) is 11.5. The molecule has 0 saturated heterocycles. The molecule has 1 aromatic heterocycles. The highest BCUT2D eigenvalue weighted by Crippen LogP contribution is 2.36. The summed E-state index contributed by atoms with van der Waals surface area (Å²) in [6.45, 7) is 3.67. The predicted octanol–water partition coefficient (Wildman–Crippen LogP) is 3.68. The number of aromatic nitrogens is 3. The summed E-state index contributed by atoms with van der Waals surface area (Å²) in [6.07, 6.45) is -4.72. The van der Waals surface area contributed by atoms with Crippen LogP contribution in [-0.4, -0.2) is 26.8 Å². The van der Waals surface area contributed by atoms with E-state index in [2.05, 4.69) is 20.9 Å². The zero-order valence-corrected chi connectivity index (χ0v) is 15.0. The number of anilines is 2. The molecule has 2 amide bonds. The first-order valence-electron chi connectivity index (χ1n) is 8.32. The van der Waals surface area contributed by atoms with Crippen LogP contribution in [0.3, 0.4) is 0 Å². The lowest BCUT2D eigenvalue weighted by Crippen LogP contribution is -2.17. The van der Waals surface area contributed by atoms with Gasteiger partial charge in [0, 0.05) is 24.7 Å². The molecule has 0 atom stereocenters. The number of halogens is 3. The number of fused-ring (bicyclic) bond motifs is 1. The van der Waals surface area contributed by atoms with Crippen LogP contribution in [0.4, 0.5) is 24.5 Å². The second kappa shape index (κ2) is 7.29. The molecule has 0 aliphatic carbocycles. The van der Waals surface area contributed by atoms with Crippen molar-refractivity contribution in [1.82, 2.24) is 15.0 Å². The molecule has 0 aliphatic rings. The summed E-state index contributed by atoms with van der Waals surface area (Å²) < 4.78 is 41.8. The summed E-state index contributed by atoms with van der Waals surface area (Å²) in [5, 5.41) is 12.4. The fourth-order valence-corrected chi connectivity index (χ4v) is 2.71. The van der Waals surface area contributed by atoms with Gasteiger partial charge in [0.25, 0.3) is 5.91 Å². The van der Waals surface area contributed by atoms with Crippen LogP contribution in [0, 0.1) is 0 Å². The van der Waals surface area contributed by atoms with Crippen LogP contribution in [0.5, 0.6) is 0 Å². The summed E-state index contributed by atoms with van der Waals surface area (Å²) >= 11 is 0. The number of hydrogen-bond donors (Lipinski definition) is 2. The molecule has 0 saturated carbocycles. The van der Waals surface area contributed by atoms with E-state index in [4.69, 9.17) is 0 Å². The van der Waals surface area contributed by atoms with E-state index in [9.17, 15) is 22.8 Å². The van der Waals surface area contributed by atoms with Crippen LogP contribution in [0.25, 0.3) is 11.0 Å². The van der Waals surface area contributed by atoms with E-state index in [-0.39, 0.29) is 11.3 Å². The van der Waals surface area contributed by atoms with Gasteiger partial charge >= 0.3 is 6.18 Å². The number of carbonyl (C=O) groups is 2. The molecule has 1 heterocycles. The predicted molar refractivity (Wildman–Crippen MR) is 96.9 cm³/mol. The van der Waals surface area contributed by atoms with E-state index in [0.717, 1.165) is 17.6 Å². The molecule has 28 heavy (non-hydrogen) atoms. The van der Waals surface area contributed by atoms with Crippen molar-refractivity contribution in [3.05, 3.63) is 47.5 Å². The van der Waals surface area contributed by atoms with E-state index >= 15 is 0 Å². The zero-order valence-electron chi connectivity index (χ0n) is 15.0. The fraction of sp³-hybridized carbons (Fsp3) is 0.222. The minimum absolute atomic E-state index is 0.0181. The SMILES string of the molecule is CCn1nnc2cc(C(=O)Nc3ccc(NC(C)=O)cc3C(F)(F)F)ccc21. The Labute approximate surface area is 157 Å². The van der Waals surface area contributed by atoms with Crippen molar-refractivity contribution in [2.45, 2.75) is 26.6 Å². The Morgan fingerprint density at radius 3 is 2.50 bits per heavy atom. The van der Waals surface area contributed by atoms with Gasteiger partial charge in [-0.15, -0.1) is 5.10 Å². The number of hydrogen-bond acceptors (Lipinski definition) is 4. The van der Waals surface area contributed by atoms with Gasteiger partial charge in [0.1, 0.15) is 5.52 Å². The molecule has 10 heteroatoms. The van der Waals surface area contributed by atoms with Gasteiger partial charge in [-0.05, 0) is 43.3 Å². The Hall–Kier alpha value is -3.43. The maximum Gasteiger partial charge on any atom is 0.418 e. The number of nitrogens with zero attached hydrogens (tertiary/aromatic N) is 3. The van der Waals surface area contributed by atoms with Gasteiger partial charge in [-0.1, -0.05) is 5.21 Å². The van der Waals surface area contributed by atoms with Crippen LogP contribution in [0.15, 0.2) is 36.4 Å². The van der Waals surface area contributed by atoms with Gasteiger partial charge in [-0.2, -0.15) is 13.2 Å². The highest BCUT2D eigenvalue weighted by molar-refractivity contribution is 6.06. The van der Waals surface area contributed by atoms with Crippen molar-refractivity contribution < 1.29 is 22.8 Å². The van der Waals surface area contributed by atoms with Crippen molar-refractivity contribution in [2.75, 3.05) is 10.6 Å². The minimum atomic E-state index is -4.72. The Balaban J connectivity index is 1.91. The number of aryl methyl sites for hydroxylation is 1. The Morgan fingerprint density at radius 1 is 1.11 bits per heavy atom. The third-order valence-electron chi connectivity index (χ3n) is 3.97. The van der Waals surface area contributed by atoms with Crippen LogP contribution < -0.4 is 10.6 Å². The van der Waals surface area contributed by atoms with Crippen LogP contribution in [-0.2, 0) is 17.5 Å². The third-order valence-corrected chi connectivity index (χ3v) is 3.97. The topological polar surface area (TPSA) is 88.9 Å². The van der Waals surface area contributed by atoms with Crippen molar-refractivity contribution in [1.29, 1.82) is 0 Å². The number of benzene rings is 2. The molecule has 3 rings (SSSR count). The quantitative estimate of drug-likeness (QED) is 0.710. The first-order valence-corrected chi connectivity index (χ1v) is 8.32. The van der Waals surface area contributed by atoms with Crippen molar-refractivity contribution >= 4 is 34.2 Å². The molecule has 0 fully saturated rings.